The van der Waals surface area contributed by atoms with Gasteiger partial charge in [0.2, 0.25) is 5.91 Å². The van der Waals surface area contributed by atoms with Crippen molar-refractivity contribution in [1.82, 2.24) is 14.8 Å². The molecule has 1 amide bonds. The van der Waals surface area contributed by atoms with Gasteiger partial charge in [0.1, 0.15) is 5.75 Å². The maximum absolute atomic E-state index is 12.5. The zero-order chi connectivity index (χ0) is 24.2. The first kappa shape index (κ1) is 24.8. The number of hydrogen-bond acceptors (Lipinski definition) is 5. The topological polar surface area (TPSA) is 69.0 Å². The van der Waals surface area contributed by atoms with Gasteiger partial charge in [0, 0.05) is 12.2 Å². The van der Waals surface area contributed by atoms with E-state index in [1.165, 1.54) is 17.3 Å². The van der Waals surface area contributed by atoms with Crippen LogP contribution in [0.1, 0.15) is 63.2 Å². The smallest absolute Gasteiger partial charge is 0.234 e. The van der Waals surface area contributed by atoms with Crippen molar-refractivity contribution in [3.63, 3.8) is 0 Å². The maximum Gasteiger partial charge on any atom is 0.234 e. The maximum atomic E-state index is 12.5. The highest BCUT2D eigenvalue weighted by Gasteiger charge is 2.20. The van der Waals surface area contributed by atoms with Crippen molar-refractivity contribution in [2.75, 3.05) is 11.1 Å². The van der Waals surface area contributed by atoms with Gasteiger partial charge in [0.15, 0.2) is 17.1 Å². The Morgan fingerprint density at radius 3 is 2.30 bits per heavy atom. The Labute approximate surface area is 201 Å². The molecule has 1 aromatic heterocycles. The summed E-state index contributed by atoms with van der Waals surface area (Å²) >= 11 is 1.38. The lowest BCUT2D eigenvalue weighted by molar-refractivity contribution is -0.113. The molecule has 1 N–H and O–H groups in total. The first-order valence-electron chi connectivity index (χ1n) is 11.3. The standard InChI is InChI=1S/C26H34N4O2S/c1-8-30-24(19(4)32-22-11-9-20(10-12-22)26(5,6)7)28-29-25(30)33-16-23(31)27-21-14-17(2)13-18(3)15-21/h9-15,19H,8,16H2,1-7H3,(H,27,31). The summed E-state index contributed by atoms with van der Waals surface area (Å²) in [4.78, 5) is 12.5. The lowest BCUT2D eigenvalue weighted by Gasteiger charge is -2.20. The number of aryl methyl sites for hydroxylation is 2. The molecule has 0 fully saturated rings. The number of thioether (sulfide) groups is 1. The molecule has 33 heavy (non-hydrogen) atoms. The summed E-state index contributed by atoms with van der Waals surface area (Å²) in [5.41, 5.74) is 4.42. The highest BCUT2D eigenvalue weighted by molar-refractivity contribution is 7.99. The molecule has 2 aromatic carbocycles. The predicted molar refractivity (Wildman–Crippen MR) is 135 cm³/mol. The highest BCUT2D eigenvalue weighted by Crippen LogP contribution is 2.28. The molecule has 0 saturated heterocycles. The molecule has 1 unspecified atom stereocenters. The van der Waals surface area contributed by atoms with Crippen molar-refractivity contribution in [3.05, 3.63) is 65.0 Å². The minimum absolute atomic E-state index is 0.0690. The number of ether oxygens (including phenoxy) is 1. The van der Waals surface area contributed by atoms with Gasteiger partial charge in [-0.25, -0.2) is 0 Å². The Bertz CT molecular complexity index is 1080. The molecule has 0 aliphatic rings. The first-order chi connectivity index (χ1) is 15.6. The number of amides is 1. The van der Waals surface area contributed by atoms with Gasteiger partial charge in [0.05, 0.1) is 5.75 Å². The zero-order valence-corrected chi connectivity index (χ0v) is 21.4. The molecule has 1 heterocycles. The van der Waals surface area contributed by atoms with Gasteiger partial charge in [-0.3, -0.25) is 4.79 Å². The van der Waals surface area contributed by atoms with Crippen LogP contribution in [0.15, 0.2) is 47.6 Å². The van der Waals surface area contributed by atoms with Gasteiger partial charge in [-0.2, -0.15) is 0 Å². The average Bonchev–Trinajstić information content (AvgIpc) is 3.14. The van der Waals surface area contributed by atoms with E-state index in [0.29, 0.717) is 11.7 Å². The molecule has 1 atom stereocenters. The van der Waals surface area contributed by atoms with E-state index < -0.39 is 0 Å². The van der Waals surface area contributed by atoms with Crippen molar-refractivity contribution < 1.29 is 9.53 Å². The summed E-state index contributed by atoms with van der Waals surface area (Å²) in [6.45, 7) is 15.3. The zero-order valence-electron chi connectivity index (χ0n) is 20.6. The van der Waals surface area contributed by atoms with E-state index in [2.05, 4.69) is 54.5 Å². The van der Waals surface area contributed by atoms with Crippen LogP contribution in [0.3, 0.4) is 0 Å². The van der Waals surface area contributed by atoms with Crippen molar-refractivity contribution >= 4 is 23.4 Å². The fourth-order valence-corrected chi connectivity index (χ4v) is 4.48. The Morgan fingerprint density at radius 2 is 1.73 bits per heavy atom. The second kappa shape index (κ2) is 10.4. The number of nitrogens with one attached hydrogen (secondary N) is 1. The van der Waals surface area contributed by atoms with E-state index in [1.54, 1.807) is 0 Å². The van der Waals surface area contributed by atoms with Crippen LogP contribution in [-0.2, 0) is 16.8 Å². The molecular weight excluding hydrogens is 432 g/mol. The van der Waals surface area contributed by atoms with E-state index in [0.717, 1.165) is 28.4 Å². The van der Waals surface area contributed by atoms with Crippen molar-refractivity contribution in [2.45, 2.75) is 71.7 Å². The summed E-state index contributed by atoms with van der Waals surface area (Å²) in [7, 11) is 0. The Hall–Kier alpha value is -2.80. The number of benzene rings is 2. The molecule has 0 saturated carbocycles. The van der Waals surface area contributed by atoms with E-state index in [4.69, 9.17) is 4.74 Å². The van der Waals surface area contributed by atoms with E-state index >= 15 is 0 Å². The average molecular weight is 467 g/mol. The third-order valence-corrected chi connectivity index (χ3v) is 6.26. The van der Waals surface area contributed by atoms with Crippen molar-refractivity contribution in [1.29, 1.82) is 0 Å². The molecule has 7 heteroatoms. The minimum atomic E-state index is -0.267. The van der Waals surface area contributed by atoms with Crippen LogP contribution < -0.4 is 10.1 Å². The Kier molecular flexibility index (Phi) is 7.84. The third kappa shape index (κ3) is 6.60. The Morgan fingerprint density at radius 1 is 1.09 bits per heavy atom. The predicted octanol–water partition coefficient (Wildman–Crippen LogP) is 6.08. The molecule has 0 bridgehead atoms. The monoisotopic (exact) mass is 466 g/mol. The van der Waals surface area contributed by atoms with Crippen LogP contribution in [0.2, 0.25) is 0 Å². The summed E-state index contributed by atoms with van der Waals surface area (Å²) < 4.78 is 8.14. The number of carbonyl (C=O) groups excluding carboxylic acids is 1. The van der Waals surface area contributed by atoms with E-state index in [1.807, 2.05) is 56.5 Å². The number of aromatic nitrogens is 3. The molecule has 6 nitrogen and oxygen atoms in total. The molecule has 176 valence electrons. The number of nitrogens with zero attached hydrogens (tertiary/aromatic N) is 3. The normalized spacial score (nSPS) is 12.5. The largest absolute Gasteiger partial charge is 0.483 e. The van der Waals surface area contributed by atoms with Crippen molar-refractivity contribution in [3.8, 4) is 5.75 Å². The fraction of sp³-hybridized carbons (Fsp3) is 0.423. The van der Waals surface area contributed by atoms with Crippen LogP contribution in [-0.4, -0.2) is 26.4 Å². The quantitative estimate of drug-likeness (QED) is 0.407. The van der Waals surface area contributed by atoms with Gasteiger partial charge in [-0.05, 0) is 74.1 Å². The summed E-state index contributed by atoms with van der Waals surface area (Å²) in [6.07, 6.45) is -0.267. The number of rotatable bonds is 8. The third-order valence-electron chi connectivity index (χ3n) is 5.30. The van der Waals surface area contributed by atoms with Gasteiger partial charge >= 0.3 is 0 Å². The molecule has 3 rings (SSSR count). The number of carbonyl (C=O) groups is 1. The van der Waals surface area contributed by atoms with E-state index in [-0.39, 0.29) is 23.2 Å². The first-order valence-corrected chi connectivity index (χ1v) is 12.3. The summed E-state index contributed by atoms with van der Waals surface area (Å²) in [6, 6.07) is 14.2. The van der Waals surface area contributed by atoms with Crippen LogP contribution in [0, 0.1) is 13.8 Å². The second-order valence-electron chi connectivity index (χ2n) is 9.33. The van der Waals surface area contributed by atoms with Gasteiger partial charge in [-0.1, -0.05) is 50.7 Å². The van der Waals surface area contributed by atoms with E-state index in [9.17, 15) is 4.79 Å². The van der Waals surface area contributed by atoms with Crippen LogP contribution in [0.4, 0.5) is 5.69 Å². The second-order valence-corrected chi connectivity index (χ2v) is 10.3. The van der Waals surface area contributed by atoms with Crippen molar-refractivity contribution in [2.24, 2.45) is 0 Å². The van der Waals surface area contributed by atoms with Crippen LogP contribution in [0.5, 0.6) is 5.75 Å². The fourth-order valence-electron chi connectivity index (χ4n) is 3.67. The Balaban J connectivity index is 1.63. The van der Waals surface area contributed by atoms with Gasteiger partial charge < -0.3 is 14.6 Å². The lowest BCUT2D eigenvalue weighted by atomic mass is 9.87. The van der Waals surface area contributed by atoms with Crippen LogP contribution in [0.25, 0.3) is 0 Å². The minimum Gasteiger partial charge on any atom is -0.483 e. The number of anilines is 1. The molecule has 3 aromatic rings. The number of hydrogen-bond donors (Lipinski definition) is 1. The molecular formula is C26H34N4O2S. The lowest BCUT2D eigenvalue weighted by Crippen LogP contribution is -2.15. The summed E-state index contributed by atoms with van der Waals surface area (Å²) in [5.74, 6) is 1.73. The molecule has 0 spiro atoms. The van der Waals surface area contributed by atoms with Crippen LogP contribution >= 0.6 is 11.8 Å². The van der Waals surface area contributed by atoms with Gasteiger partial charge in [-0.15, -0.1) is 10.2 Å². The highest BCUT2D eigenvalue weighted by atomic mass is 32.2. The van der Waals surface area contributed by atoms with Gasteiger partial charge in [0.25, 0.3) is 0 Å². The summed E-state index contributed by atoms with van der Waals surface area (Å²) in [5, 5.41) is 12.4. The molecule has 0 aliphatic heterocycles. The molecule has 0 aliphatic carbocycles. The molecule has 0 radical (unpaired) electrons. The SMILES string of the molecule is CCn1c(SCC(=O)Nc2cc(C)cc(C)c2)nnc1C(C)Oc1ccc(C(C)(C)C)cc1.